The van der Waals surface area contributed by atoms with E-state index in [1.807, 2.05) is 37.4 Å². The highest BCUT2D eigenvalue weighted by Crippen LogP contribution is 2.23. The van der Waals surface area contributed by atoms with Gasteiger partial charge in [-0.05, 0) is 31.3 Å². The second kappa shape index (κ2) is 4.75. The van der Waals surface area contributed by atoms with Gasteiger partial charge in [0.1, 0.15) is 12.4 Å². The van der Waals surface area contributed by atoms with Crippen molar-refractivity contribution < 1.29 is 4.74 Å². The smallest absolute Gasteiger partial charge is 0.128 e. The minimum absolute atomic E-state index is 0.671. The van der Waals surface area contributed by atoms with E-state index in [4.69, 9.17) is 4.74 Å². The number of pyridine rings is 1. The monoisotopic (exact) mass is 202 g/mol. The minimum Gasteiger partial charge on any atom is -0.492 e. The minimum atomic E-state index is 0.671. The first-order chi connectivity index (χ1) is 7.42. The molecule has 0 atom stereocenters. The van der Waals surface area contributed by atoms with Crippen molar-refractivity contribution >= 4 is 10.9 Å². The van der Waals surface area contributed by atoms with Gasteiger partial charge in [0.05, 0.1) is 5.52 Å². The zero-order valence-electron chi connectivity index (χ0n) is 8.73. The van der Waals surface area contributed by atoms with Gasteiger partial charge in [-0.15, -0.1) is 0 Å². The van der Waals surface area contributed by atoms with Gasteiger partial charge < -0.3 is 10.1 Å². The molecule has 0 aliphatic heterocycles. The van der Waals surface area contributed by atoms with Crippen LogP contribution in [0.3, 0.4) is 0 Å². The molecule has 1 aromatic carbocycles. The van der Waals surface area contributed by atoms with Crippen molar-refractivity contribution in [3.63, 3.8) is 0 Å². The zero-order chi connectivity index (χ0) is 10.5. The lowest BCUT2D eigenvalue weighted by Gasteiger charge is -2.08. The summed E-state index contributed by atoms with van der Waals surface area (Å²) in [6.07, 6.45) is 1.79. The first-order valence-electron chi connectivity index (χ1n) is 5.03. The lowest BCUT2D eigenvalue weighted by molar-refractivity contribution is 0.322. The largest absolute Gasteiger partial charge is 0.492 e. The van der Waals surface area contributed by atoms with Crippen LogP contribution in [0.5, 0.6) is 5.75 Å². The Morgan fingerprint density at radius 1 is 1.27 bits per heavy atom. The third-order valence-electron chi connectivity index (χ3n) is 2.22. The molecule has 3 heteroatoms. The molecule has 0 aliphatic carbocycles. The van der Waals surface area contributed by atoms with E-state index in [2.05, 4.69) is 10.3 Å². The molecule has 2 rings (SSSR count). The first kappa shape index (κ1) is 9.93. The Hall–Kier alpha value is -1.61. The van der Waals surface area contributed by atoms with E-state index in [0.717, 1.165) is 23.2 Å². The number of fused-ring (bicyclic) bond motifs is 1. The summed E-state index contributed by atoms with van der Waals surface area (Å²) in [6.45, 7) is 1.52. The van der Waals surface area contributed by atoms with Crippen molar-refractivity contribution in [1.82, 2.24) is 10.3 Å². The molecule has 0 spiro atoms. The Balaban J connectivity index is 2.26. The van der Waals surface area contributed by atoms with Gasteiger partial charge in [0.2, 0.25) is 0 Å². The molecule has 0 saturated carbocycles. The van der Waals surface area contributed by atoms with Gasteiger partial charge >= 0.3 is 0 Å². The Morgan fingerprint density at radius 3 is 3.07 bits per heavy atom. The van der Waals surface area contributed by atoms with Crippen LogP contribution in [0.1, 0.15) is 0 Å². The third kappa shape index (κ3) is 2.25. The number of hydrogen-bond acceptors (Lipinski definition) is 3. The van der Waals surface area contributed by atoms with Crippen molar-refractivity contribution in [2.75, 3.05) is 20.2 Å². The first-order valence-corrected chi connectivity index (χ1v) is 5.03. The van der Waals surface area contributed by atoms with Crippen molar-refractivity contribution in [3.05, 3.63) is 36.5 Å². The van der Waals surface area contributed by atoms with E-state index in [-0.39, 0.29) is 0 Å². The Bertz CT molecular complexity index is 437. The maximum atomic E-state index is 5.66. The molecule has 1 heterocycles. The molecule has 0 radical (unpaired) electrons. The van der Waals surface area contributed by atoms with Gasteiger partial charge in [-0.2, -0.15) is 0 Å². The fourth-order valence-corrected chi connectivity index (χ4v) is 1.46. The summed E-state index contributed by atoms with van der Waals surface area (Å²) >= 11 is 0. The normalized spacial score (nSPS) is 10.5. The van der Waals surface area contributed by atoms with Crippen LogP contribution < -0.4 is 10.1 Å². The number of benzene rings is 1. The molecule has 0 aliphatic rings. The SMILES string of the molecule is CNCCOc1cccc2ncccc12. The summed E-state index contributed by atoms with van der Waals surface area (Å²) < 4.78 is 5.66. The van der Waals surface area contributed by atoms with Crippen LogP contribution in [0.4, 0.5) is 0 Å². The van der Waals surface area contributed by atoms with E-state index in [1.54, 1.807) is 6.20 Å². The number of hydrogen-bond donors (Lipinski definition) is 1. The van der Waals surface area contributed by atoms with Crippen molar-refractivity contribution in [2.45, 2.75) is 0 Å². The maximum Gasteiger partial charge on any atom is 0.128 e. The summed E-state index contributed by atoms with van der Waals surface area (Å²) in [6, 6.07) is 9.87. The number of rotatable bonds is 4. The van der Waals surface area contributed by atoms with Crippen LogP contribution >= 0.6 is 0 Å². The number of ether oxygens (including phenoxy) is 1. The van der Waals surface area contributed by atoms with Gasteiger partial charge in [-0.3, -0.25) is 4.98 Å². The topological polar surface area (TPSA) is 34.1 Å². The van der Waals surface area contributed by atoms with Gasteiger partial charge in [0.15, 0.2) is 0 Å². The van der Waals surface area contributed by atoms with Crippen molar-refractivity contribution in [3.8, 4) is 5.75 Å². The molecule has 1 N–H and O–H groups in total. The van der Waals surface area contributed by atoms with Gasteiger partial charge in [0.25, 0.3) is 0 Å². The molecule has 0 saturated heterocycles. The fraction of sp³-hybridized carbons (Fsp3) is 0.250. The molecular formula is C12H14N2O. The Kier molecular flexibility index (Phi) is 3.15. The average Bonchev–Trinajstić information content (AvgIpc) is 2.30. The van der Waals surface area contributed by atoms with E-state index in [1.165, 1.54) is 0 Å². The quantitative estimate of drug-likeness (QED) is 0.768. The lowest BCUT2D eigenvalue weighted by atomic mass is 10.2. The van der Waals surface area contributed by atoms with Crippen molar-refractivity contribution in [1.29, 1.82) is 0 Å². The highest BCUT2D eigenvalue weighted by Gasteiger charge is 2.00. The van der Waals surface area contributed by atoms with Crippen LogP contribution in [0, 0.1) is 0 Å². The average molecular weight is 202 g/mol. The van der Waals surface area contributed by atoms with Crippen LogP contribution in [0.15, 0.2) is 36.5 Å². The number of nitrogens with one attached hydrogen (secondary N) is 1. The molecule has 78 valence electrons. The molecule has 0 fully saturated rings. The molecule has 0 bridgehead atoms. The second-order valence-electron chi connectivity index (χ2n) is 3.28. The van der Waals surface area contributed by atoms with E-state index < -0.39 is 0 Å². The molecule has 3 nitrogen and oxygen atoms in total. The Labute approximate surface area is 89.1 Å². The Morgan fingerprint density at radius 2 is 2.20 bits per heavy atom. The van der Waals surface area contributed by atoms with Gasteiger partial charge in [-0.1, -0.05) is 6.07 Å². The molecule has 0 amide bonds. The van der Waals surface area contributed by atoms with Gasteiger partial charge in [0, 0.05) is 18.1 Å². The summed E-state index contributed by atoms with van der Waals surface area (Å²) in [5, 5.41) is 4.11. The molecule has 0 unspecified atom stereocenters. The zero-order valence-corrected chi connectivity index (χ0v) is 8.73. The molecule has 2 aromatic rings. The lowest BCUT2D eigenvalue weighted by Crippen LogP contribution is -2.16. The number of aromatic nitrogens is 1. The fourth-order valence-electron chi connectivity index (χ4n) is 1.46. The van der Waals surface area contributed by atoms with Crippen LogP contribution in [-0.2, 0) is 0 Å². The standard InChI is InChI=1S/C12H14N2O/c1-13-8-9-15-12-6-2-5-11-10(12)4-3-7-14-11/h2-7,13H,8-9H2,1H3. The summed E-state index contributed by atoms with van der Waals surface area (Å²) in [5.74, 6) is 0.899. The maximum absolute atomic E-state index is 5.66. The van der Waals surface area contributed by atoms with Crippen molar-refractivity contribution in [2.24, 2.45) is 0 Å². The van der Waals surface area contributed by atoms with Crippen LogP contribution in [0.25, 0.3) is 10.9 Å². The molecule has 15 heavy (non-hydrogen) atoms. The number of nitrogens with zero attached hydrogens (tertiary/aromatic N) is 1. The van der Waals surface area contributed by atoms with E-state index in [0.29, 0.717) is 6.61 Å². The summed E-state index contributed by atoms with van der Waals surface area (Å²) in [4.78, 5) is 4.27. The van der Waals surface area contributed by atoms with Gasteiger partial charge in [-0.25, -0.2) is 0 Å². The summed E-state index contributed by atoms with van der Waals surface area (Å²) in [5.41, 5.74) is 0.972. The molecular weight excluding hydrogens is 188 g/mol. The predicted octanol–water partition coefficient (Wildman–Crippen LogP) is 1.83. The van der Waals surface area contributed by atoms with Crippen LogP contribution in [0.2, 0.25) is 0 Å². The van der Waals surface area contributed by atoms with E-state index >= 15 is 0 Å². The van der Waals surface area contributed by atoms with E-state index in [9.17, 15) is 0 Å². The molecule has 1 aromatic heterocycles. The third-order valence-corrected chi connectivity index (χ3v) is 2.22. The second-order valence-corrected chi connectivity index (χ2v) is 3.28. The highest BCUT2D eigenvalue weighted by atomic mass is 16.5. The highest BCUT2D eigenvalue weighted by molar-refractivity contribution is 5.84. The summed E-state index contributed by atoms with van der Waals surface area (Å²) in [7, 11) is 1.91. The number of likely N-dealkylation sites (N-methyl/N-ethyl adjacent to an activating group) is 1. The van der Waals surface area contributed by atoms with Crippen LogP contribution in [-0.4, -0.2) is 25.2 Å². The predicted molar refractivity (Wildman–Crippen MR) is 61.2 cm³/mol.